The van der Waals surface area contributed by atoms with Crippen LogP contribution >= 0.6 is 27.3 Å². The molecule has 0 aliphatic rings. The minimum atomic E-state index is -3.81. The van der Waals surface area contributed by atoms with Gasteiger partial charge in [0, 0.05) is 10.5 Å². The Morgan fingerprint density at radius 3 is 2.74 bits per heavy atom. The number of ether oxygens (including phenoxy) is 1. The van der Waals surface area contributed by atoms with Crippen LogP contribution in [-0.2, 0) is 10.0 Å². The average Bonchev–Trinajstić information content (AvgIpc) is 2.79. The number of hydrogen-bond donors (Lipinski definition) is 2. The first kappa shape index (κ1) is 14.0. The van der Waals surface area contributed by atoms with Gasteiger partial charge >= 0.3 is 0 Å². The lowest BCUT2D eigenvalue weighted by Gasteiger charge is -2.09. The van der Waals surface area contributed by atoms with Gasteiger partial charge in [0.05, 0.1) is 12.8 Å². The molecule has 0 saturated carbocycles. The van der Waals surface area contributed by atoms with Crippen molar-refractivity contribution in [2.75, 3.05) is 17.6 Å². The molecule has 0 saturated heterocycles. The van der Waals surface area contributed by atoms with Crippen molar-refractivity contribution in [1.29, 1.82) is 0 Å². The molecule has 0 aliphatic carbocycles. The zero-order valence-electron chi connectivity index (χ0n) is 9.62. The summed E-state index contributed by atoms with van der Waals surface area (Å²) in [5, 5.41) is 7.06. The van der Waals surface area contributed by atoms with Crippen LogP contribution in [0.25, 0.3) is 0 Å². The molecule has 1 aromatic carbocycles. The SMILES string of the molecule is COc1ccc(Br)c(NS(=O)(=O)c2nnc(N)s2)c1. The largest absolute Gasteiger partial charge is 0.497 e. The first-order valence-electron chi connectivity index (χ1n) is 4.88. The molecule has 0 atom stereocenters. The minimum absolute atomic E-state index is 0.0880. The lowest BCUT2D eigenvalue weighted by molar-refractivity contribution is 0.415. The summed E-state index contributed by atoms with van der Waals surface area (Å²) >= 11 is 4.04. The van der Waals surface area contributed by atoms with Gasteiger partial charge in [0.15, 0.2) is 0 Å². The van der Waals surface area contributed by atoms with E-state index in [9.17, 15) is 8.42 Å². The van der Waals surface area contributed by atoms with Crippen LogP contribution in [0.4, 0.5) is 10.8 Å². The number of methoxy groups -OCH3 is 1. The van der Waals surface area contributed by atoms with Crippen LogP contribution < -0.4 is 15.2 Å². The van der Waals surface area contributed by atoms with E-state index in [0.29, 0.717) is 15.9 Å². The monoisotopic (exact) mass is 364 g/mol. The maximum atomic E-state index is 12.0. The number of rotatable bonds is 4. The minimum Gasteiger partial charge on any atom is -0.497 e. The van der Waals surface area contributed by atoms with Gasteiger partial charge in [-0.15, -0.1) is 10.2 Å². The molecule has 0 unspecified atom stereocenters. The fourth-order valence-electron chi connectivity index (χ4n) is 1.23. The van der Waals surface area contributed by atoms with Crippen molar-refractivity contribution in [3.05, 3.63) is 22.7 Å². The predicted molar refractivity (Wildman–Crippen MR) is 75.8 cm³/mol. The number of anilines is 2. The van der Waals surface area contributed by atoms with Crippen molar-refractivity contribution in [1.82, 2.24) is 10.2 Å². The molecule has 0 fully saturated rings. The van der Waals surface area contributed by atoms with Crippen molar-refractivity contribution >= 4 is 48.1 Å². The van der Waals surface area contributed by atoms with Gasteiger partial charge in [-0.25, -0.2) is 0 Å². The van der Waals surface area contributed by atoms with Crippen molar-refractivity contribution in [2.45, 2.75) is 4.34 Å². The highest BCUT2D eigenvalue weighted by atomic mass is 79.9. The first-order chi connectivity index (χ1) is 8.92. The highest BCUT2D eigenvalue weighted by molar-refractivity contribution is 9.10. The molecular formula is C9H9BrN4O3S2. The molecule has 3 N–H and O–H groups in total. The fraction of sp³-hybridized carbons (Fsp3) is 0.111. The average molecular weight is 365 g/mol. The molecule has 0 bridgehead atoms. The zero-order valence-corrected chi connectivity index (χ0v) is 12.8. The maximum Gasteiger partial charge on any atom is 0.291 e. The second kappa shape index (κ2) is 5.31. The predicted octanol–water partition coefficient (Wildman–Crippen LogP) is 1.69. The van der Waals surface area contributed by atoms with Gasteiger partial charge in [-0.3, -0.25) is 4.72 Å². The first-order valence-corrected chi connectivity index (χ1v) is 7.97. The molecule has 19 heavy (non-hydrogen) atoms. The number of nitrogen functional groups attached to an aromatic ring is 1. The van der Waals surface area contributed by atoms with Crippen molar-refractivity contribution < 1.29 is 13.2 Å². The summed E-state index contributed by atoms with van der Waals surface area (Å²) in [6, 6.07) is 4.92. The Kier molecular flexibility index (Phi) is 3.92. The molecule has 10 heteroatoms. The third kappa shape index (κ3) is 3.14. The second-order valence-electron chi connectivity index (χ2n) is 3.36. The number of halogens is 1. The van der Waals surface area contributed by atoms with Crippen LogP contribution in [0, 0.1) is 0 Å². The Balaban J connectivity index is 2.35. The van der Waals surface area contributed by atoms with Crippen LogP contribution in [0.1, 0.15) is 0 Å². The molecule has 102 valence electrons. The van der Waals surface area contributed by atoms with E-state index in [1.54, 1.807) is 18.2 Å². The maximum absolute atomic E-state index is 12.0. The highest BCUT2D eigenvalue weighted by Gasteiger charge is 2.21. The highest BCUT2D eigenvalue weighted by Crippen LogP contribution is 2.29. The standard InChI is InChI=1S/C9H9BrN4O3S2/c1-17-5-2-3-6(10)7(4-5)14-19(15,16)9-13-12-8(11)18-9/h2-4,14H,1H3,(H2,11,12). The molecule has 1 aromatic heterocycles. The number of nitrogens with zero attached hydrogens (tertiary/aromatic N) is 2. The van der Waals surface area contributed by atoms with Gasteiger partial charge < -0.3 is 10.5 Å². The number of hydrogen-bond acceptors (Lipinski definition) is 7. The summed E-state index contributed by atoms with van der Waals surface area (Å²) < 4.78 is 31.9. The van der Waals surface area contributed by atoms with E-state index in [1.807, 2.05) is 0 Å². The molecule has 2 rings (SSSR count). The fourth-order valence-corrected chi connectivity index (χ4v) is 3.56. The van der Waals surface area contributed by atoms with Gasteiger partial charge in [0.25, 0.3) is 14.4 Å². The van der Waals surface area contributed by atoms with E-state index in [-0.39, 0.29) is 9.47 Å². The van der Waals surface area contributed by atoms with E-state index in [2.05, 4.69) is 30.8 Å². The number of nitrogens with two attached hydrogens (primary N) is 1. The summed E-state index contributed by atoms with van der Waals surface area (Å²) in [5.74, 6) is 0.526. The van der Waals surface area contributed by atoms with E-state index in [4.69, 9.17) is 10.5 Å². The Hall–Kier alpha value is -1.39. The zero-order chi connectivity index (χ0) is 14.0. The Bertz CT molecular complexity index is 701. The topological polar surface area (TPSA) is 107 Å². The van der Waals surface area contributed by atoms with Gasteiger partial charge in [0.2, 0.25) is 5.13 Å². The Morgan fingerprint density at radius 2 is 2.16 bits per heavy atom. The number of benzene rings is 1. The normalized spacial score (nSPS) is 11.3. The lowest BCUT2D eigenvalue weighted by Crippen LogP contribution is -2.13. The second-order valence-corrected chi connectivity index (χ2v) is 7.08. The summed E-state index contributed by atoms with van der Waals surface area (Å²) in [6.45, 7) is 0. The quantitative estimate of drug-likeness (QED) is 0.854. The summed E-state index contributed by atoms with van der Waals surface area (Å²) in [7, 11) is -2.32. The third-order valence-corrected chi connectivity index (χ3v) is 5.25. The number of nitrogens with one attached hydrogen (secondary N) is 1. The van der Waals surface area contributed by atoms with Crippen LogP contribution in [0.5, 0.6) is 5.75 Å². The molecule has 0 aliphatic heterocycles. The molecule has 1 heterocycles. The molecule has 7 nitrogen and oxygen atoms in total. The third-order valence-electron chi connectivity index (χ3n) is 2.07. The number of sulfonamides is 1. The molecular weight excluding hydrogens is 356 g/mol. The van der Waals surface area contributed by atoms with Gasteiger partial charge in [-0.05, 0) is 28.1 Å². The van der Waals surface area contributed by atoms with Crippen LogP contribution in [0.2, 0.25) is 0 Å². The van der Waals surface area contributed by atoms with E-state index >= 15 is 0 Å². The lowest BCUT2D eigenvalue weighted by atomic mass is 10.3. The van der Waals surface area contributed by atoms with E-state index in [0.717, 1.165) is 11.3 Å². The smallest absolute Gasteiger partial charge is 0.291 e. The molecule has 0 radical (unpaired) electrons. The molecule has 0 spiro atoms. The van der Waals surface area contributed by atoms with E-state index in [1.165, 1.54) is 7.11 Å². The Morgan fingerprint density at radius 1 is 1.42 bits per heavy atom. The van der Waals surface area contributed by atoms with Crippen LogP contribution in [0.3, 0.4) is 0 Å². The van der Waals surface area contributed by atoms with Gasteiger partial charge in [-0.2, -0.15) is 8.42 Å². The Labute approximate surface area is 122 Å². The molecule has 0 amide bonds. The van der Waals surface area contributed by atoms with Crippen LogP contribution in [-0.4, -0.2) is 25.7 Å². The van der Waals surface area contributed by atoms with Crippen molar-refractivity contribution in [3.63, 3.8) is 0 Å². The van der Waals surface area contributed by atoms with Gasteiger partial charge in [-0.1, -0.05) is 11.3 Å². The molecule has 2 aromatic rings. The summed E-state index contributed by atoms with van der Waals surface area (Å²) in [6.07, 6.45) is 0. The number of aromatic nitrogens is 2. The summed E-state index contributed by atoms with van der Waals surface area (Å²) in [4.78, 5) is 0. The van der Waals surface area contributed by atoms with Crippen LogP contribution in [0.15, 0.2) is 27.0 Å². The van der Waals surface area contributed by atoms with E-state index < -0.39 is 10.0 Å². The van der Waals surface area contributed by atoms with Crippen molar-refractivity contribution in [3.8, 4) is 5.75 Å². The van der Waals surface area contributed by atoms with Gasteiger partial charge in [0.1, 0.15) is 5.75 Å². The summed E-state index contributed by atoms with van der Waals surface area (Å²) in [5.41, 5.74) is 5.71. The van der Waals surface area contributed by atoms with Crippen molar-refractivity contribution in [2.24, 2.45) is 0 Å².